The molecule has 3 rings (SSSR count). The highest BCUT2D eigenvalue weighted by atomic mass is 15.3. The van der Waals surface area contributed by atoms with E-state index in [1.54, 1.807) is 0 Å². The van der Waals surface area contributed by atoms with Crippen LogP contribution in [-0.2, 0) is 6.54 Å². The molecule has 0 bridgehead atoms. The summed E-state index contributed by atoms with van der Waals surface area (Å²) in [6.45, 7) is 7.28. The first kappa shape index (κ1) is 15.7. The molecule has 0 unspecified atom stereocenters. The molecule has 1 saturated heterocycles. The maximum atomic E-state index is 4.36. The van der Waals surface area contributed by atoms with E-state index in [-0.39, 0.29) is 0 Å². The van der Waals surface area contributed by atoms with Crippen molar-refractivity contribution in [3.63, 3.8) is 0 Å². The van der Waals surface area contributed by atoms with Gasteiger partial charge in [-0.25, -0.2) is 0 Å². The van der Waals surface area contributed by atoms with E-state index in [4.69, 9.17) is 0 Å². The fourth-order valence-electron chi connectivity index (χ4n) is 2.81. The lowest BCUT2D eigenvalue weighted by molar-refractivity contribution is 0.249. The summed E-state index contributed by atoms with van der Waals surface area (Å²) in [5, 5.41) is 8.63. The van der Waals surface area contributed by atoms with Gasteiger partial charge in [0.1, 0.15) is 0 Å². The summed E-state index contributed by atoms with van der Waals surface area (Å²) in [6, 6.07) is 12.9. The van der Waals surface area contributed by atoms with E-state index in [0.29, 0.717) is 0 Å². The van der Waals surface area contributed by atoms with Crippen LogP contribution in [0.15, 0.2) is 36.4 Å². The van der Waals surface area contributed by atoms with E-state index in [9.17, 15) is 0 Å². The highest BCUT2D eigenvalue weighted by molar-refractivity contribution is 5.44. The maximum absolute atomic E-state index is 4.36. The molecule has 1 aliphatic rings. The Labute approximate surface area is 138 Å². The van der Waals surface area contributed by atoms with Crippen LogP contribution in [-0.4, -0.2) is 55.4 Å². The average molecular weight is 311 g/mol. The monoisotopic (exact) mass is 311 g/mol. The molecule has 0 N–H and O–H groups in total. The SMILES string of the molecule is Cc1ccc(CN2CCN(c3ccc(N(C)C)nn3)CC2)cc1. The minimum atomic E-state index is 0.895. The van der Waals surface area contributed by atoms with E-state index in [0.717, 1.165) is 44.4 Å². The van der Waals surface area contributed by atoms with Gasteiger partial charge < -0.3 is 9.80 Å². The molecule has 1 aromatic carbocycles. The molecule has 0 spiro atoms. The van der Waals surface area contributed by atoms with Gasteiger partial charge in [0.05, 0.1) is 0 Å². The molecule has 23 heavy (non-hydrogen) atoms. The van der Waals surface area contributed by atoms with Crippen LogP contribution in [0.3, 0.4) is 0 Å². The summed E-state index contributed by atoms with van der Waals surface area (Å²) >= 11 is 0. The van der Waals surface area contributed by atoms with Crippen molar-refractivity contribution in [2.75, 3.05) is 50.1 Å². The van der Waals surface area contributed by atoms with Gasteiger partial charge in [-0.2, -0.15) is 0 Å². The van der Waals surface area contributed by atoms with Crippen molar-refractivity contribution in [3.8, 4) is 0 Å². The molecule has 0 saturated carbocycles. The quantitative estimate of drug-likeness (QED) is 0.865. The molecule has 0 atom stereocenters. The van der Waals surface area contributed by atoms with Crippen LogP contribution in [0.25, 0.3) is 0 Å². The van der Waals surface area contributed by atoms with Crippen LogP contribution in [0, 0.1) is 6.92 Å². The highest BCUT2D eigenvalue weighted by Crippen LogP contribution is 2.16. The zero-order valence-electron chi connectivity index (χ0n) is 14.2. The standard InChI is InChI=1S/C18H25N5/c1-15-4-6-16(7-5-15)14-22-10-12-23(13-11-22)18-9-8-17(19-20-18)21(2)3/h4-9H,10-14H2,1-3H3. The molecule has 0 radical (unpaired) electrons. The minimum absolute atomic E-state index is 0.895. The van der Waals surface area contributed by atoms with Gasteiger partial charge >= 0.3 is 0 Å². The topological polar surface area (TPSA) is 35.5 Å². The zero-order chi connectivity index (χ0) is 16.2. The first-order valence-corrected chi connectivity index (χ1v) is 8.16. The van der Waals surface area contributed by atoms with E-state index >= 15 is 0 Å². The van der Waals surface area contributed by atoms with Crippen molar-refractivity contribution in [2.45, 2.75) is 13.5 Å². The number of nitrogens with zero attached hydrogens (tertiary/aromatic N) is 5. The molecule has 0 amide bonds. The Morgan fingerprint density at radius 1 is 0.913 bits per heavy atom. The van der Waals surface area contributed by atoms with Crippen LogP contribution < -0.4 is 9.80 Å². The zero-order valence-corrected chi connectivity index (χ0v) is 14.2. The third kappa shape index (κ3) is 3.99. The predicted molar refractivity (Wildman–Crippen MR) is 95.0 cm³/mol. The first-order valence-electron chi connectivity index (χ1n) is 8.16. The van der Waals surface area contributed by atoms with E-state index in [1.165, 1.54) is 11.1 Å². The van der Waals surface area contributed by atoms with Crippen molar-refractivity contribution >= 4 is 11.6 Å². The number of aryl methyl sites for hydroxylation is 1. The third-order valence-corrected chi connectivity index (χ3v) is 4.32. The van der Waals surface area contributed by atoms with Crippen LogP contribution in [0.1, 0.15) is 11.1 Å². The van der Waals surface area contributed by atoms with Gasteiger partial charge in [0.15, 0.2) is 11.6 Å². The second-order valence-electron chi connectivity index (χ2n) is 6.39. The van der Waals surface area contributed by atoms with Gasteiger partial charge in [0.25, 0.3) is 0 Å². The number of hydrogen-bond donors (Lipinski definition) is 0. The lowest BCUT2D eigenvalue weighted by Gasteiger charge is -2.35. The number of piperazine rings is 1. The van der Waals surface area contributed by atoms with Gasteiger partial charge in [-0.15, -0.1) is 10.2 Å². The molecule has 1 fully saturated rings. The van der Waals surface area contributed by atoms with Gasteiger partial charge in [0.2, 0.25) is 0 Å². The number of benzene rings is 1. The van der Waals surface area contributed by atoms with Crippen LogP contribution in [0.5, 0.6) is 0 Å². The van der Waals surface area contributed by atoms with Crippen molar-refractivity contribution < 1.29 is 0 Å². The second kappa shape index (κ2) is 6.96. The molecule has 1 aliphatic heterocycles. The predicted octanol–water partition coefficient (Wildman–Crippen LogP) is 2.17. The van der Waals surface area contributed by atoms with E-state index in [2.05, 4.69) is 57.3 Å². The van der Waals surface area contributed by atoms with Crippen LogP contribution in [0.4, 0.5) is 11.6 Å². The van der Waals surface area contributed by atoms with E-state index < -0.39 is 0 Å². The minimum Gasteiger partial charge on any atom is -0.361 e. The largest absolute Gasteiger partial charge is 0.361 e. The highest BCUT2D eigenvalue weighted by Gasteiger charge is 2.18. The Morgan fingerprint density at radius 2 is 1.61 bits per heavy atom. The van der Waals surface area contributed by atoms with Gasteiger partial charge in [-0.1, -0.05) is 29.8 Å². The van der Waals surface area contributed by atoms with Crippen molar-refractivity contribution in [2.24, 2.45) is 0 Å². The molecule has 1 aromatic heterocycles. The Morgan fingerprint density at radius 3 is 2.17 bits per heavy atom. The van der Waals surface area contributed by atoms with Crippen molar-refractivity contribution in [1.29, 1.82) is 0 Å². The van der Waals surface area contributed by atoms with Gasteiger partial charge in [0, 0.05) is 46.8 Å². The number of anilines is 2. The van der Waals surface area contributed by atoms with Gasteiger partial charge in [-0.3, -0.25) is 4.90 Å². The fourth-order valence-corrected chi connectivity index (χ4v) is 2.81. The van der Waals surface area contributed by atoms with Crippen molar-refractivity contribution in [3.05, 3.63) is 47.5 Å². The summed E-state index contributed by atoms with van der Waals surface area (Å²) in [5.74, 6) is 1.87. The summed E-state index contributed by atoms with van der Waals surface area (Å²) in [7, 11) is 3.96. The van der Waals surface area contributed by atoms with E-state index in [1.807, 2.05) is 25.1 Å². The molecule has 0 aliphatic carbocycles. The molecule has 122 valence electrons. The molecular weight excluding hydrogens is 286 g/mol. The molecular formula is C18H25N5. The molecule has 5 heteroatoms. The summed E-state index contributed by atoms with van der Waals surface area (Å²) in [4.78, 5) is 6.79. The number of rotatable bonds is 4. The molecule has 2 aromatic rings. The van der Waals surface area contributed by atoms with Gasteiger partial charge in [-0.05, 0) is 24.6 Å². The number of aromatic nitrogens is 2. The maximum Gasteiger partial charge on any atom is 0.151 e. The first-order chi connectivity index (χ1) is 11.1. The normalized spacial score (nSPS) is 15.7. The summed E-state index contributed by atoms with van der Waals surface area (Å²) in [5.41, 5.74) is 2.71. The van der Waals surface area contributed by atoms with Crippen LogP contribution in [0.2, 0.25) is 0 Å². The second-order valence-corrected chi connectivity index (χ2v) is 6.39. The van der Waals surface area contributed by atoms with Crippen LogP contribution >= 0.6 is 0 Å². The molecule has 2 heterocycles. The lowest BCUT2D eigenvalue weighted by atomic mass is 10.1. The Balaban J connectivity index is 1.54. The Kier molecular flexibility index (Phi) is 4.76. The van der Waals surface area contributed by atoms with Crippen molar-refractivity contribution in [1.82, 2.24) is 15.1 Å². The summed E-state index contributed by atoms with van der Waals surface area (Å²) in [6.07, 6.45) is 0. The number of hydrogen-bond acceptors (Lipinski definition) is 5. The smallest absolute Gasteiger partial charge is 0.151 e. The Bertz CT molecular complexity index is 613. The lowest BCUT2D eigenvalue weighted by Crippen LogP contribution is -2.46. The fraction of sp³-hybridized carbons (Fsp3) is 0.444. The Hall–Kier alpha value is -2.14. The summed E-state index contributed by atoms with van der Waals surface area (Å²) < 4.78 is 0. The third-order valence-electron chi connectivity index (χ3n) is 4.32. The average Bonchev–Trinajstić information content (AvgIpc) is 2.58. The molecule has 5 nitrogen and oxygen atoms in total.